The molecule has 28 heavy (non-hydrogen) atoms. The summed E-state index contributed by atoms with van der Waals surface area (Å²) in [5, 5.41) is 0.826. The van der Waals surface area contributed by atoms with E-state index in [9.17, 15) is 4.79 Å². The van der Waals surface area contributed by atoms with Gasteiger partial charge < -0.3 is 14.5 Å². The van der Waals surface area contributed by atoms with E-state index in [-0.39, 0.29) is 5.91 Å². The van der Waals surface area contributed by atoms with Crippen molar-refractivity contribution in [3.8, 4) is 5.75 Å². The van der Waals surface area contributed by atoms with Crippen LogP contribution in [0.5, 0.6) is 5.75 Å². The molecule has 0 spiro atoms. The molecule has 0 radical (unpaired) electrons. The number of ether oxygens (including phenoxy) is 1. The summed E-state index contributed by atoms with van der Waals surface area (Å²) in [5.41, 5.74) is 2.10. The lowest BCUT2D eigenvalue weighted by atomic mass is 10.2. The Kier molecular flexibility index (Phi) is 5.78. The minimum absolute atomic E-state index is 0.150. The van der Waals surface area contributed by atoms with Crippen molar-refractivity contribution in [3.63, 3.8) is 0 Å². The number of nitrogens with zero attached hydrogens (tertiary/aromatic N) is 3. The maximum absolute atomic E-state index is 12.3. The molecule has 0 atom stereocenters. The lowest BCUT2D eigenvalue weighted by Crippen LogP contribution is -2.46. The largest absolute Gasteiger partial charge is 0.489 e. The van der Waals surface area contributed by atoms with Gasteiger partial charge in [-0.3, -0.25) is 4.79 Å². The second kappa shape index (κ2) is 8.63. The Morgan fingerprint density at radius 1 is 1.04 bits per heavy atom. The third kappa shape index (κ3) is 4.64. The summed E-state index contributed by atoms with van der Waals surface area (Å²) in [7, 11) is 2.12. The van der Waals surface area contributed by atoms with Crippen molar-refractivity contribution in [3.05, 3.63) is 70.6 Å². The second-order valence-corrected chi connectivity index (χ2v) is 7.95. The van der Waals surface area contributed by atoms with Gasteiger partial charge in [-0.05, 0) is 48.1 Å². The third-order valence-electron chi connectivity index (χ3n) is 4.81. The third-order valence-corrected chi connectivity index (χ3v) is 5.85. The topological polar surface area (TPSA) is 45.1 Å². The van der Waals surface area contributed by atoms with Crippen LogP contribution >= 0.6 is 11.8 Å². The summed E-state index contributed by atoms with van der Waals surface area (Å²) < 4.78 is 5.82. The lowest BCUT2D eigenvalue weighted by Gasteiger charge is -2.32. The molecule has 2 aliphatic rings. The first kappa shape index (κ1) is 18.8. The van der Waals surface area contributed by atoms with Gasteiger partial charge >= 0.3 is 0 Å². The van der Waals surface area contributed by atoms with Crippen molar-refractivity contribution in [2.45, 2.75) is 6.61 Å². The summed E-state index contributed by atoms with van der Waals surface area (Å²) >= 11 is 1.47. The summed E-state index contributed by atoms with van der Waals surface area (Å²) in [6.45, 7) is 4.36. The number of hydrogen-bond donors (Lipinski definition) is 0. The average molecular weight is 394 g/mol. The molecule has 0 bridgehead atoms. The normalized spacial score (nSPS) is 19.2. The molecular formula is C22H23N3O2S. The van der Waals surface area contributed by atoms with Crippen molar-refractivity contribution >= 4 is 28.9 Å². The van der Waals surface area contributed by atoms with Gasteiger partial charge in [0, 0.05) is 26.2 Å². The van der Waals surface area contributed by atoms with Gasteiger partial charge in [-0.2, -0.15) is 4.99 Å². The molecule has 0 aromatic heterocycles. The second-order valence-electron chi connectivity index (χ2n) is 6.94. The molecule has 144 valence electrons. The Hall–Kier alpha value is -2.57. The molecule has 4 rings (SSSR count). The van der Waals surface area contributed by atoms with Crippen LogP contribution in [-0.2, 0) is 11.4 Å². The van der Waals surface area contributed by atoms with Crippen molar-refractivity contribution in [2.75, 3.05) is 33.2 Å². The first-order chi connectivity index (χ1) is 13.7. The molecule has 0 saturated carbocycles. The van der Waals surface area contributed by atoms with Crippen LogP contribution in [0, 0.1) is 0 Å². The Bertz CT molecular complexity index is 886. The van der Waals surface area contributed by atoms with E-state index in [0.29, 0.717) is 11.5 Å². The van der Waals surface area contributed by atoms with Crippen molar-refractivity contribution in [2.24, 2.45) is 4.99 Å². The van der Waals surface area contributed by atoms with E-state index in [1.807, 2.05) is 60.7 Å². The van der Waals surface area contributed by atoms with Crippen LogP contribution in [0.15, 0.2) is 64.5 Å². The number of piperazine rings is 1. The number of hydrogen-bond acceptors (Lipinski definition) is 5. The van der Waals surface area contributed by atoms with Gasteiger partial charge in [0.15, 0.2) is 5.17 Å². The van der Waals surface area contributed by atoms with Crippen molar-refractivity contribution < 1.29 is 9.53 Å². The number of thioether (sulfide) groups is 1. The summed E-state index contributed by atoms with van der Waals surface area (Å²) in [6.07, 6.45) is 1.90. The number of carbonyl (C=O) groups is 1. The molecule has 1 amide bonds. The molecule has 1 saturated heterocycles. The monoisotopic (exact) mass is 393 g/mol. The van der Waals surface area contributed by atoms with E-state index < -0.39 is 0 Å². The summed E-state index contributed by atoms with van der Waals surface area (Å²) in [5.74, 6) is 0.661. The van der Waals surface area contributed by atoms with Crippen LogP contribution in [0.3, 0.4) is 0 Å². The number of benzene rings is 2. The van der Waals surface area contributed by atoms with Crippen molar-refractivity contribution in [1.29, 1.82) is 0 Å². The molecule has 1 fully saturated rings. The highest BCUT2D eigenvalue weighted by Crippen LogP contribution is 2.31. The molecule has 2 aromatic rings. The fourth-order valence-electron chi connectivity index (χ4n) is 3.08. The molecule has 6 heteroatoms. The van der Waals surface area contributed by atoms with Gasteiger partial charge in [0.1, 0.15) is 12.4 Å². The first-order valence-electron chi connectivity index (χ1n) is 9.40. The number of rotatable bonds is 4. The van der Waals surface area contributed by atoms with Crippen LogP contribution in [0.2, 0.25) is 0 Å². The van der Waals surface area contributed by atoms with E-state index in [4.69, 9.17) is 4.74 Å². The molecule has 0 N–H and O–H groups in total. The van der Waals surface area contributed by atoms with Crippen LogP contribution < -0.4 is 4.74 Å². The van der Waals surface area contributed by atoms with E-state index in [2.05, 4.69) is 21.8 Å². The predicted octanol–water partition coefficient (Wildman–Crippen LogP) is 3.48. The smallest absolute Gasteiger partial charge is 0.286 e. The van der Waals surface area contributed by atoms with Gasteiger partial charge in [0.05, 0.1) is 4.91 Å². The number of amidine groups is 1. The van der Waals surface area contributed by atoms with E-state index in [0.717, 1.165) is 48.2 Å². The zero-order chi connectivity index (χ0) is 19.3. The predicted molar refractivity (Wildman–Crippen MR) is 114 cm³/mol. The van der Waals surface area contributed by atoms with Crippen LogP contribution in [0.4, 0.5) is 0 Å². The molecule has 0 aliphatic carbocycles. The van der Waals surface area contributed by atoms with Gasteiger partial charge in [0.2, 0.25) is 0 Å². The summed E-state index contributed by atoms with van der Waals surface area (Å²) in [4.78, 5) is 21.7. The zero-order valence-electron chi connectivity index (χ0n) is 15.9. The molecule has 0 unspecified atom stereocenters. The maximum Gasteiger partial charge on any atom is 0.286 e. The summed E-state index contributed by atoms with van der Waals surface area (Å²) in [6, 6.07) is 17.9. The zero-order valence-corrected chi connectivity index (χ0v) is 16.7. The van der Waals surface area contributed by atoms with Crippen LogP contribution in [0.1, 0.15) is 11.1 Å². The van der Waals surface area contributed by atoms with E-state index in [1.165, 1.54) is 11.8 Å². The maximum atomic E-state index is 12.3. The van der Waals surface area contributed by atoms with Crippen LogP contribution in [0.25, 0.3) is 6.08 Å². The minimum atomic E-state index is -0.150. The Labute approximate surface area is 169 Å². The SMILES string of the molecule is CN1CCN(C2=NC(=O)/C(=C\c3ccc(OCc4ccccc4)cc3)S2)CC1. The van der Waals surface area contributed by atoms with Crippen molar-refractivity contribution in [1.82, 2.24) is 9.80 Å². The highest BCUT2D eigenvalue weighted by Gasteiger charge is 2.27. The molecule has 2 aromatic carbocycles. The Morgan fingerprint density at radius 3 is 2.46 bits per heavy atom. The molecular weight excluding hydrogens is 370 g/mol. The fourth-order valence-corrected chi connectivity index (χ4v) is 4.05. The highest BCUT2D eigenvalue weighted by molar-refractivity contribution is 8.18. The Morgan fingerprint density at radius 2 is 1.75 bits per heavy atom. The molecule has 2 aliphatic heterocycles. The van der Waals surface area contributed by atoms with E-state index in [1.54, 1.807) is 0 Å². The highest BCUT2D eigenvalue weighted by atomic mass is 32.2. The molecule has 2 heterocycles. The van der Waals surface area contributed by atoms with Gasteiger partial charge in [-0.1, -0.05) is 42.5 Å². The molecule has 5 nitrogen and oxygen atoms in total. The van der Waals surface area contributed by atoms with E-state index >= 15 is 0 Å². The first-order valence-corrected chi connectivity index (χ1v) is 10.2. The number of amides is 1. The van der Waals surface area contributed by atoms with Gasteiger partial charge in [0.25, 0.3) is 5.91 Å². The number of aliphatic imine (C=N–C) groups is 1. The quantitative estimate of drug-likeness (QED) is 0.744. The van der Waals surface area contributed by atoms with Gasteiger partial charge in [-0.25, -0.2) is 0 Å². The minimum Gasteiger partial charge on any atom is -0.489 e. The number of likely N-dealkylation sites (N-methyl/N-ethyl adjacent to an activating group) is 1. The lowest BCUT2D eigenvalue weighted by molar-refractivity contribution is -0.113. The number of carbonyl (C=O) groups excluding carboxylic acids is 1. The van der Waals surface area contributed by atoms with Crippen LogP contribution in [-0.4, -0.2) is 54.1 Å². The fraction of sp³-hybridized carbons (Fsp3) is 0.273. The average Bonchev–Trinajstić information content (AvgIpc) is 3.09. The van der Waals surface area contributed by atoms with Gasteiger partial charge in [-0.15, -0.1) is 0 Å². The standard InChI is InChI=1S/C22H23N3O2S/c1-24-11-13-25(14-12-24)22-23-21(26)20(28-22)15-17-7-9-19(10-8-17)27-16-18-5-3-2-4-6-18/h2-10,15H,11-14,16H2,1H3/b20-15+. The Balaban J connectivity index is 1.36.